The Morgan fingerprint density at radius 3 is 2.52 bits per heavy atom. The summed E-state index contributed by atoms with van der Waals surface area (Å²) in [6, 6.07) is -0.153. The van der Waals surface area contributed by atoms with Crippen LogP contribution in [-0.4, -0.2) is 47.0 Å². The highest BCUT2D eigenvalue weighted by atomic mass is 32.2. The average Bonchev–Trinajstić information content (AvgIpc) is 3.43. The van der Waals surface area contributed by atoms with E-state index in [0.717, 1.165) is 10.7 Å². The monoisotopic (exact) mass is 426 g/mol. The largest absolute Gasteiger partial charge is 0.469 e. The molecule has 0 aromatic carbocycles. The van der Waals surface area contributed by atoms with E-state index in [4.69, 9.17) is 4.74 Å². The number of amides is 2. The minimum Gasteiger partial charge on any atom is -0.469 e. The second-order valence-electron chi connectivity index (χ2n) is 7.37. The topological polar surface area (TPSA) is 85.9 Å². The van der Waals surface area contributed by atoms with Crippen molar-refractivity contribution in [2.45, 2.75) is 72.7 Å². The second kappa shape index (κ2) is 12.0. The summed E-state index contributed by atoms with van der Waals surface area (Å²) in [7, 11) is 0. The molecule has 0 aromatic heterocycles. The lowest BCUT2D eigenvalue weighted by atomic mass is 9.95. The van der Waals surface area contributed by atoms with Crippen LogP contribution in [0.25, 0.3) is 0 Å². The number of β-amino-alcohol motifs (C(OH)–C–C–N with tert-alkyl or cyclic N) is 1. The van der Waals surface area contributed by atoms with Crippen molar-refractivity contribution in [3.63, 3.8) is 0 Å². The Morgan fingerprint density at radius 1 is 1.28 bits per heavy atom. The summed E-state index contributed by atoms with van der Waals surface area (Å²) in [5, 5.41) is 18.7. The van der Waals surface area contributed by atoms with Gasteiger partial charge in [0.2, 0.25) is 0 Å². The molecule has 0 radical (unpaired) electrons. The highest BCUT2D eigenvalue weighted by Crippen LogP contribution is 2.30. The van der Waals surface area contributed by atoms with E-state index in [-0.39, 0.29) is 23.2 Å². The van der Waals surface area contributed by atoms with Gasteiger partial charge in [0.25, 0.3) is 0 Å². The second-order valence-corrected chi connectivity index (χ2v) is 8.55. The molecule has 3 heterocycles. The number of aliphatic hydroxyl groups excluding tert-OH is 1. The van der Waals surface area contributed by atoms with Crippen molar-refractivity contribution < 1.29 is 14.6 Å². The van der Waals surface area contributed by atoms with Gasteiger partial charge in [0.05, 0.1) is 6.10 Å². The maximum atomic E-state index is 12.1. The Hall–Kier alpha value is -1.80. The summed E-state index contributed by atoms with van der Waals surface area (Å²) < 4.78 is 5.86. The van der Waals surface area contributed by atoms with Gasteiger partial charge in [-0.25, -0.2) is 4.79 Å². The van der Waals surface area contributed by atoms with Crippen molar-refractivity contribution >= 4 is 17.8 Å². The third-order valence-corrected chi connectivity index (χ3v) is 5.16. The fourth-order valence-electron chi connectivity index (χ4n) is 2.68. The van der Waals surface area contributed by atoms with Crippen molar-refractivity contribution in [3.8, 4) is 0 Å². The van der Waals surface area contributed by atoms with Gasteiger partial charge in [0, 0.05) is 35.8 Å². The summed E-state index contributed by atoms with van der Waals surface area (Å²) in [5.74, 6) is 0.936. The third-order valence-electron chi connectivity index (χ3n) is 4.14. The van der Waals surface area contributed by atoms with Gasteiger partial charge in [0.1, 0.15) is 5.76 Å². The first-order valence-corrected chi connectivity index (χ1v) is 11.4. The minimum absolute atomic E-state index is 0.0168. The molecule has 1 fully saturated rings. The molecule has 3 aliphatic rings. The number of aliphatic hydroxyl groups is 1. The van der Waals surface area contributed by atoms with Crippen LogP contribution in [0.4, 0.5) is 4.79 Å². The SMILES string of the molecule is CC.CC.CC(C)(C)C1=CNC(/C=C/C2=CNC(NC(=O)N3CCC(O)C3)S2)O1. The minimum atomic E-state index is -0.405. The molecule has 0 aromatic rings. The molecule has 3 rings (SSSR count). The number of hydrogen-bond donors (Lipinski definition) is 4. The van der Waals surface area contributed by atoms with Gasteiger partial charge in [-0.3, -0.25) is 0 Å². The van der Waals surface area contributed by atoms with Crippen LogP contribution >= 0.6 is 11.8 Å². The highest BCUT2D eigenvalue weighted by Gasteiger charge is 2.28. The van der Waals surface area contributed by atoms with Gasteiger partial charge in [-0.2, -0.15) is 0 Å². The molecule has 166 valence electrons. The first kappa shape index (κ1) is 25.2. The maximum Gasteiger partial charge on any atom is 0.319 e. The number of ether oxygens (including phenoxy) is 1. The van der Waals surface area contributed by atoms with Crippen molar-refractivity contribution in [2.75, 3.05) is 13.1 Å². The van der Waals surface area contributed by atoms with E-state index < -0.39 is 6.10 Å². The van der Waals surface area contributed by atoms with Gasteiger partial charge in [-0.1, -0.05) is 60.2 Å². The van der Waals surface area contributed by atoms with Crippen LogP contribution in [0.3, 0.4) is 0 Å². The zero-order valence-electron chi connectivity index (χ0n) is 18.8. The van der Waals surface area contributed by atoms with E-state index in [1.54, 1.807) is 4.90 Å². The molecular weight excluding hydrogens is 388 g/mol. The fourth-order valence-corrected chi connectivity index (χ4v) is 3.54. The standard InChI is InChI=1S/C17H26N4O3S.2C2H6/c1-17(2,3)13-9-18-14(24-13)5-4-12-8-19-15(25-12)20-16(23)21-7-6-11(22)10-21;2*1-2/h4-5,8-9,11,14-15,18-19,22H,6-7,10H2,1-3H3,(H,20,23);2*1-2H3/b5-4+;;. The summed E-state index contributed by atoms with van der Waals surface area (Å²) in [4.78, 5) is 14.8. The first-order chi connectivity index (χ1) is 13.8. The van der Waals surface area contributed by atoms with E-state index in [2.05, 4.69) is 36.7 Å². The van der Waals surface area contributed by atoms with Crippen molar-refractivity contribution in [1.82, 2.24) is 20.9 Å². The van der Waals surface area contributed by atoms with Crippen LogP contribution < -0.4 is 16.0 Å². The first-order valence-electron chi connectivity index (χ1n) is 10.5. The molecule has 7 nitrogen and oxygen atoms in total. The van der Waals surface area contributed by atoms with E-state index in [1.807, 2.05) is 52.2 Å². The number of nitrogens with zero attached hydrogens (tertiary/aromatic N) is 1. The number of likely N-dealkylation sites (tertiary alicyclic amines) is 1. The molecule has 29 heavy (non-hydrogen) atoms. The maximum absolute atomic E-state index is 12.1. The Balaban J connectivity index is 0.000000989. The van der Waals surface area contributed by atoms with Crippen LogP contribution in [0.5, 0.6) is 0 Å². The van der Waals surface area contributed by atoms with E-state index in [1.165, 1.54) is 11.8 Å². The summed E-state index contributed by atoms with van der Waals surface area (Å²) in [6.45, 7) is 15.3. The van der Waals surface area contributed by atoms with Gasteiger partial charge in [-0.15, -0.1) is 0 Å². The van der Waals surface area contributed by atoms with Crippen LogP contribution in [-0.2, 0) is 4.74 Å². The highest BCUT2D eigenvalue weighted by molar-refractivity contribution is 8.04. The predicted octanol–water partition coefficient (Wildman–Crippen LogP) is 3.67. The molecule has 3 unspecified atom stereocenters. The lowest BCUT2D eigenvalue weighted by Gasteiger charge is -2.20. The zero-order chi connectivity index (χ0) is 22.0. The van der Waals surface area contributed by atoms with Gasteiger partial charge in [0.15, 0.2) is 11.7 Å². The van der Waals surface area contributed by atoms with Crippen LogP contribution in [0, 0.1) is 5.41 Å². The third kappa shape index (κ3) is 7.85. The van der Waals surface area contributed by atoms with E-state index in [9.17, 15) is 9.90 Å². The van der Waals surface area contributed by atoms with Crippen LogP contribution in [0.1, 0.15) is 54.9 Å². The molecule has 0 saturated carbocycles. The molecule has 3 aliphatic heterocycles. The molecule has 0 spiro atoms. The quantitative estimate of drug-likeness (QED) is 0.551. The van der Waals surface area contributed by atoms with Gasteiger partial charge in [-0.05, 0) is 18.6 Å². The number of carbonyl (C=O) groups excluding carboxylic acids is 1. The number of carbonyl (C=O) groups is 1. The van der Waals surface area contributed by atoms with Crippen LogP contribution in [0.15, 0.2) is 35.2 Å². The Kier molecular flexibility index (Phi) is 10.5. The number of nitrogens with one attached hydrogen (secondary N) is 3. The summed E-state index contributed by atoms with van der Waals surface area (Å²) >= 11 is 1.53. The van der Waals surface area contributed by atoms with Crippen molar-refractivity contribution in [2.24, 2.45) is 5.41 Å². The number of urea groups is 1. The predicted molar refractivity (Wildman–Crippen MR) is 121 cm³/mol. The molecule has 0 aliphatic carbocycles. The van der Waals surface area contributed by atoms with E-state index in [0.29, 0.717) is 19.5 Å². The Morgan fingerprint density at radius 2 is 1.97 bits per heavy atom. The summed E-state index contributed by atoms with van der Waals surface area (Å²) in [6.07, 6.45) is 7.78. The van der Waals surface area contributed by atoms with Crippen LogP contribution in [0.2, 0.25) is 0 Å². The van der Waals surface area contributed by atoms with Gasteiger partial charge < -0.3 is 30.7 Å². The molecular formula is C21H38N4O3S. The summed E-state index contributed by atoms with van der Waals surface area (Å²) in [5.41, 5.74) is -0.220. The smallest absolute Gasteiger partial charge is 0.319 e. The molecule has 3 atom stereocenters. The Labute approximate surface area is 180 Å². The van der Waals surface area contributed by atoms with Crippen molar-refractivity contribution in [1.29, 1.82) is 0 Å². The number of allylic oxidation sites excluding steroid dienone is 2. The molecule has 1 saturated heterocycles. The number of hydrogen-bond acceptors (Lipinski definition) is 6. The molecule has 4 N–H and O–H groups in total. The lowest BCUT2D eigenvalue weighted by Crippen LogP contribution is -2.46. The normalized spacial score (nSPS) is 25.5. The van der Waals surface area contributed by atoms with Gasteiger partial charge >= 0.3 is 6.03 Å². The Bertz CT molecular complexity index is 614. The average molecular weight is 427 g/mol. The van der Waals surface area contributed by atoms with Crippen molar-refractivity contribution in [3.05, 3.63) is 35.2 Å². The zero-order valence-corrected chi connectivity index (χ0v) is 19.6. The molecule has 2 amide bonds. The molecule has 8 heteroatoms. The number of thioether (sulfide) groups is 1. The lowest BCUT2D eigenvalue weighted by molar-refractivity contribution is 0.123. The number of rotatable bonds is 3. The fraction of sp³-hybridized carbons (Fsp3) is 0.667. The molecule has 0 bridgehead atoms. The van der Waals surface area contributed by atoms with E-state index >= 15 is 0 Å².